The predicted molar refractivity (Wildman–Crippen MR) is 73.9 cm³/mol. The predicted octanol–water partition coefficient (Wildman–Crippen LogP) is 2.46. The molecule has 0 aromatic carbocycles. The fraction of sp³-hybridized carbons (Fsp3) is 0.533. The molecule has 2 fully saturated rings. The lowest BCUT2D eigenvalue weighted by Crippen LogP contribution is -2.31. The Morgan fingerprint density at radius 1 is 1.33 bits per heavy atom. The summed E-state index contributed by atoms with van der Waals surface area (Å²) in [6.07, 6.45) is 6.62. The number of carboxylic acids is 1. The number of hydrogen-bond acceptors (Lipinski definition) is 4. The van der Waals surface area contributed by atoms with Gasteiger partial charge in [0, 0.05) is 18.9 Å². The van der Waals surface area contributed by atoms with Crippen LogP contribution in [0.5, 0.6) is 0 Å². The number of pyridine rings is 1. The maximum absolute atomic E-state index is 12.1. The van der Waals surface area contributed by atoms with Crippen LogP contribution in [0.2, 0.25) is 0 Å². The van der Waals surface area contributed by atoms with Gasteiger partial charge in [-0.3, -0.25) is 4.98 Å². The molecule has 0 spiro atoms. The van der Waals surface area contributed by atoms with Gasteiger partial charge in [-0.15, -0.1) is 0 Å². The summed E-state index contributed by atoms with van der Waals surface area (Å²) in [7, 11) is 0. The minimum Gasteiger partial charge on any atom is -0.478 e. The van der Waals surface area contributed by atoms with Crippen LogP contribution in [0.1, 0.15) is 47.6 Å². The first-order valence-corrected chi connectivity index (χ1v) is 7.27. The first-order chi connectivity index (χ1) is 10.1. The maximum Gasteiger partial charge on any atom is 0.410 e. The Bertz CT molecular complexity index is 556. The molecule has 1 amide bonds. The molecule has 21 heavy (non-hydrogen) atoms. The van der Waals surface area contributed by atoms with Crippen LogP contribution >= 0.6 is 0 Å². The first kappa shape index (κ1) is 13.9. The summed E-state index contributed by atoms with van der Waals surface area (Å²) in [5.41, 5.74) is 0.904. The Morgan fingerprint density at radius 3 is 2.86 bits per heavy atom. The third kappa shape index (κ3) is 3.15. The van der Waals surface area contributed by atoms with Gasteiger partial charge in [-0.05, 0) is 43.2 Å². The van der Waals surface area contributed by atoms with E-state index in [9.17, 15) is 9.59 Å². The zero-order valence-electron chi connectivity index (χ0n) is 11.7. The Kier molecular flexibility index (Phi) is 3.77. The van der Waals surface area contributed by atoms with Gasteiger partial charge in [0.1, 0.15) is 0 Å². The summed E-state index contributed by atoms with van der Waals surface area (Å²) in [4.78, 5) is 28.8. The van der Waals surface area contributed by atoms with E-state index in [4.69, 9.17) is 9.84 Å². The molecular formula is C15H18N2O4. The smallest absolute Gasteiger partial charge is 0.410 e. The number of rotatable bonds is 4. The topological polar surface area (TPSA) is 79.7 Å². The van der Waals surface area contributed by atoms with Crippen molar-refractivity contribution in [2.75, 3.05) is 13.2 Å². The Hall–Kier alpha value is -2.11. The van der Waals surface area contributed by atoms with Crippen LogP contribution in [0.4, 0.5) is 4.79 Å². The Labute approximate surface area is 122 Å². The quantitative estimate of drug-likeness (QED) is 0.921. The highest BCUT2D eigenvalue weighted by atomic mass is 16.6. The summed E-state index contributed by atoms with van der Waals surface area (Å²) in [6.45, 7) is 1.14. The molecule has 1 atom stereocenters. The van der Waals surface area contributed by atoms with Gasteiger partial charge < -0.3 is 14.7 Å². The second kappa shape index (κ2) is 5.71. The third-order valence-corrected chi connectivity index (χ3v) is 4.02. The van der Waals surface area contributed by atoms with Gasteiger partial charge in [-0.2, -0.15) is 0 Å². The fourth-order valence-corrected chi connectivity index (χ4v) is 2.65. The van der Waals surface area contributed by atoms with Gasteiger partial charge in [0.15, 0.2) is 0 Å². The van der Waals surface area contributed by atoms with Crippen LogP contribution < -0.4 is 0 Å². The average Bonchev–Trinajstić information content (AvgIpc) is 3.19. The maximum atomic E-state index is 12.1. The van der Waals surface area contributed by atoms with Gasteiger partial charge in [-0.1, -0.05) is 0 Å². The van der Waals surface area contributed by atoms with E-state index >= 15 is 0 Å². The molecule has 2 aliphatic rings. The first-order valence-electron chi connectivity index (χ1n) is 7.27. The molecule has 2 heterocycles. The number of aromatic nitrogens is 1. The summed E-state index contributed by atoms with van der Waals surface area (Å²) >= 11 is 0. The zero-order valence-corrected chi connectivity index (χ0v) is 11.7. The molecule has 1 saturated carbocycles. The molecular weight excluding hydrogens is 272 g/mol. The average molecular weight is 290 g/mol. The minimum absolute atomic E-state index is 0.136. The van der Waals surface area contributed by atoms with E-state index in [2.05, 4.69) is 4.98 Å². The Morgan fingerprint density at radius 2 is 2.14 bits per heavy atom. The fourth-order valence-electron chi connectivity index (χ4n) is 2.65. The lowest BCUT2D eigenvalue weighted by Gasteiger charge is -2.24. The molecule has 0 radical (unpaired) electrons. The van der Waals surface area contributed by atoms with E-state index in [1.54, 1.807) is 17.2 Å². The van der Waals surface area contributed by atoms with E-state index in [-0.39, 0.29) is 17.7 Å². The monoisotopic (exact) mass is 290 g/mol. The molecule has 3 rings (SSSR count). The number of carboxylic acid groups (broad SMARTS) is 1. The number of hydrogen-bond donors (Lipinski definition) is 1. The normalized spacial score (nSPS) is 21.3. The summed E-state index contributed by atoms with van der Waals surface area (Å²) in [6, 6.07) is 1.45. The number of amides is 1. The summed E-state index contributed by atoms with van der Waals surface area (Å²) in [5, 5.41) is 9.03. The van der Waals surface area contributed by atoms with E-state index in [0.717, 1.165) is 31.2 Å². The van der Waals surface area contributed by atoms with Crippen LogP contribution in [0.3, 0.4) is 0 Å². The van der Waals surface area contributed by atoms with Gasteiger partial charge in [0.05, 0.1) is 18.2 Å². The van der Waals surface area contributed by atoms with Crippen molar-refractivity contribution in [1.82, 2.24) is 9.88 Å². The van der Waals surface area contributed by atoms with Crippen molar-refractivity contribution in [2.24, 2.45) is 5.92 Å². The van der Waals surface area contributed by atoms with Gasteiger partial charge in [0.2, 0.25) is 0 Å². The highest BCUT2D eigenvalue weighted by molar-refractivity contribution is 5.87. The van der Waals surface area contributed by atoms with E-state index in [1.807, 2.05) is 0 Å². The lowest BCUT2D eigenvalue weighted by atomic mass is 10.1. The molecule has 1 aromatic rings. The van der Waals surface area contributed by atoms with Crippen molar-refractivity contribution in [3.8, 4) is 0 Å². The van der Waals surface area contributed by atoms with E-state index in [1.165, 1.54) is 6.20 Å². The second-order valence-corrected chi connectivity index (χ2v) is 5.68. The van der Waals surface area contributed by atoms with Crippen LogP contribution in [0.15, 0.2) is 18.5 Å². The van der Waals surface area contributed by atoms with Crippen LogP contribution in [0.25, 0.3) is 0 Å². The molecule has 1 saturated heterocycles. The minimum atomic E-state index is -1.01. The standard InChI is InChI=1S/C15H18N2O4/c18-14(19)12-6-11(7-16-8-12)13-2-1-5-17(13)15(20)21-9-10-3-4-10/h6-8,10,13H,1-5,9H2,(H,18,19). The summed E-state index contributed by atoms with van der Waals surface area (Å²) in [5.74, 6) is -0.475. The van der Waals surface area contributed by atoms with Gasteiger partial charge in [-0.25, -0.2) is 9.59 Å². The third-order valence-electron chi connectivity index (χ3n) is 4.02. The number of carbonyl (C=O) groups is 2. The molecule has 1 aromatic heterocycles. The molecule has 6 nitrogen and oxygen atoms in total. The highest BCUT2D eigenvalue weighted by Gasteiger charge is 2.33. The van der Waals surface area contributed by atoms with E-state index < -0.39 is 5.97 Å². The van der Waals surface area contributed by atoms with Crippen molar-refractivity contribution in [3.63, 3.8) is 0 Å². The number of carbonyl (C=O) groups excluding carboxylic acids is 1. The number of nitrogens with zero attached hydrogens (tertiary/aromatic N) is 2. The zero-order chi connectivity index (χ0) is 14.8. The van der Waals surface area contributed by atoms with Crippen molar-refractivity contribution >= 4 is 12.1 Å². The number of likely N-dealkylation sites (tertiary alicyclic amines) is 1. The van der Waals surface area contributed by atoms with Crippen molar-refractivity contribution in [3.05, 3.63) is 29.6 Å². The van der Waals surface area contributed by atoms with Gasteiger partial charge in [0.25, 0.3) is 0 Å². The summed E-state index contributed by atoms with van der Waals surface area (Å²) < 4.78 is 5.33. The second-order valence-electron chi connectivity index (χ2n) is 5.68. The van der Waals surface area contributed by atoms with Crippen molar-refractivity contribution in [1.29, 1.82) is 0 Å². The molecule has 1 aliphatic carbocycles. The molecule has 112 valence electrons. The molecule has 1 N–H and O–H groups in total. The van der Waals surface area contributed by atoms with Gasteiger partial charge >= 0.3 is 12.1 Å². The molecule has 1 unspecified atom stereocenters. The highest BCUT2D eigenvalue weighted by Crippen LogP contribution is 2.33. The van der Waals surface area contributed by atoms with Crippen LogP contribution in [0, 0.1) is 5.92 Å². The number of aromatic carboxylic acids is 1. The van der Waals surface area contributed by atoms with Crippen molar-refractivity contribution < 1.29 is 19.4 Å². The number of ether oxygens (including phenoxy) is 1. The molecule has 6 heteroatoms. The Balaban J connectivity index is 1.71. The van der Waals surface area contributed by atoms with Crippen molar-refractivity contribution in [2.45, 2.75) is 31.7 Å². The lowest BCUT2D eigenvalue weighted by molar-refractivity contribution is 0.0696. The largest absolute Gasteiger partial charge is 0.478 e. The SMILES string of the molecule is O=C(O)c1cncc(C2CCCN2C(=O)OCC2CC2)c1. The molecule has 0 bridgehead atoms. The van der Waals surface area contributed by atoms with Crippen LogP contribution in [-0.2, 0) is 4.74 Å². The molecule has 1 aliphatic heterocycles. The van der Waals surface area contributed by atoms with Crippen LogP contribution in [-0.4, -0.2) is 40.2 Å². The van der Waals surface area contributed by atoms with E-state index in [0.29, 0.717) is 19.1 Å².